The van der Waals surface area contributed by atoms with Crippen molar-refractivity contribution in [3.8, 4) is 0 Å². The molecule has 68 valence electrons. The maximum Gasteiger partial charge on any atom is 0.232 e. The Hall–Kier alpha value is 0.457. The van der Waals surface area contributed by atoms with E-state index < -0.39 is 17.1 Å². The van der Waals surface area contributed by atoms with E-state index in [-0.39, 0.29) is 4.87 Å². The maximum absolute atomic E-state index is 11.0. The van der Waals surface area contributed by atoms with Crippen molar-refractivity contribution < 1.29 is 8.42 Å². The first kappa shape index (κ1) is 11.5. The van der Waals surface area contributed by atoms with E-state index in [0.717, 1.165) is 0 Å². The summed E-state index contributed by atoms with van der Waals surface area (Å²) in [7, 11) is 0.310. The fraction of sp³-hybridized carbons (Fsp3) is 1.00. The lowest BCUT2D eigenvalue weighted by molar-refractivity contribution is 0.603. The zero-order valence-corrected chi connectivity index (χ0v) is 9.96. The molecule has 0 saturated carbocycles. The molecule has 0 bridgehead atoms. The molecule has 0 aliphatic carbocycles. The fourth-order valence-corrected chi connectivity index (χ4v) is 9.02. The summed E-state index contributed by atoms with van der Waals surface area (Å²) in [5, 5.41) is 0. The predicted molar refractivity (Wildman–Crippen MR) is 52.2 cm³/mol. The van der Waals surface area contributed by atoms with Crippen LogP contribution >= 0.6 is 10.7 Å². The van der Waals surface area contributed by atoms with Crippen molar-refractivity contribution in [2.24, 2.45) is 0 Å². The predicted octanol–water partition coefficient (Wildman–Crippen LogP) is 2.21. The molecule has 0 fully saturated rings. The Bertz CT molecular complexity index is 217. The molecule has 0 heterocycles. The van der Waals surface area contributed by atoms with Crippen LogP contribution in [0.2, 0.25) is 19.6 Å². The van der Waals surface area contributed by atoms with Crippen LogP contribution in [0.25, 0.3) is 0 Å². The Morgan fingerprint density at radius 1 is 1.36 bits per heavy atom. The zero-order chi connectivity index (χ0) is 9.28. The van der Waals surface area contributed by atoms with Crippen molar-refractivity contribution in [3.63, 3.8) is 0 Å². The van der Waals surface area contributed by atoms with Crippen molar-refractivity contribution in [2.75, 3.05) is 0 Å². The third-order valence-corrected chi connectivity index (χ3v) is 9.18. The molecule has 0 aliphatic rings. The lowest BCUT2D eigenvalue weighted by Gasteiger charge is -2.24. The number of halogens is 1. The minimum Gasteiger partial charge on any atom is -0.212 e. The van der Waals surface area contributed by atoms with Gasteiger partial charge in [0, 0.05) is 10.7 Å². The van der Waals surface area contributed by atoms with Gasteiger partial charge in [-0.3, -0.25) is 0 Å². The van der Waals surface area contributed by atoms with Gasteiger partial charge in [-0.1, -0.05) is 26.6 Å². The van der Waals surface area contributed by atoms with Gasteiger partial charge in [-0.15, -0.1) is 0 Å². The molecule has 2 nitrogen and oxygen atoms in total. The molecule has 0 unspecified atom stereocenters. The number of rotatable bonds is 3. The van der Waals surface area contributed by atoms with Crippen molar-refractivity contribution in [1.82, 2.24) is 0 Å². The third-order valence-electron chi connectivity index (χ3n) is 1.68. The molecule has 0 aromatic carbocycles. The van der Waals surface area contributed by atoms with Crippen molar-refractivity contribution in [2.45, 2.75) is 37.9 Å². The molecule has 5 heteroatoms. The summed E-state index contributed by atoms with van der Waals surface area (Å²) in [6, 6.07) is 0. The minimum absolute atomic E-state index is 0.309. The van der Waals surface area contributed by atoms with E-state index in [9.17, 15) is 8.42 Å². The third kappa shape index (κ3) is 3.58. The van der Waals surface area contributed by atoms with Gasteiger partial charge >= 0.3 is 0 Å². The van der Waals surface area contributed by atoms with Gasteiger partial charge < -0.3 is 0 Å². The van der Waals surface area contributed by atoms with Gasteiger partial charge in [0.05, 0.1) is 12.9 Å². The molecule has 0 aromatic rings. The lowest BCUT2D eigenvalue weighted by Crippen LogP contribution is -2.41. The molecular formula is C6H15ClO2SSi. The quantitative estimate of drug-likeness (QED) is 0.533. The summed E-state index contributed by atoms with van der Waals surface area (Å²) in [5.74, 6) is 0. The summed E-state index contributed by atoms with van der Waals surface area (Å²) in [4.78, 5) is -0.309. The highest BCUT2D eigenvalue weighted by molar-refractivity contribution is 8.15. The Labute approximate surface area is 74.4 Å². The second-order valence-corrected chi connectivity index (χ2v) is 12.4. The van der Waals surface area contributed by atoms with Crippen molar-refractivity contribution in [1.29, 1.82) is 0 Å². The van der Waals surface area contributed by atoms with Crippen LogP contribution in [-0.2, 0) is 9.05 Å². The first-order chi connectivity index (χ1) is 4.69. The minimum atomic E-state index is -3.34. The van der Waals surface area contributed by atoms with Crippen LogP contribution in [0, 0.1) is 0 Å². The fourth-order valence-electron chi connectivity index (χ4n) is 1.23. The van der Waals surface area contributed by atoms with E-state index in [2.05, 4.69) is 0 Å². The molecule has 1 atom stereocenters. The highest BCUT2D eigenvalue weighted by atomic mass is 35.7. The monoisotopic (exact) mass is 214 g/mol. The summed E-state index contributed by atoms with van der Waals surface area (Å²) in [5.41, 5.74) is 0. The first-order valence-electron chi connectivity index (χ1n) is 3.63. The molecule has 0 N–H and O–H groups in total. The van der Waals surface area contributed by atoms with Crippen LogP contribution in [0.1, 0.15) is 13.3 Å². The Balaban J connectivity index is 4.72. The van der Waals surface area contributed by atoms with Gasteiger partial charge in [0.15, 0.2) is 0 Å². The van der Waals surface area contributed by atoms with Crippen LogP contribution in [0.15, 0.2) is 0 Å². The maximum atomic E-state index is 11.0. The van der Waals surface area contributed by atoms with Gasteiger partial charge in [0.2, 0.25) is 9.05 Å². The van der Waals surface area contributed by atoms with E-state index in [1.807, 2.05) is 26.6 Å². The van der Waals surface area contributed by atoms with Crippen LogP contribution in [-0.4, -0.2) is 21.4 Å². The van der Waals surface area contributed by atoms with Crippen LogP contribution in [0.5, 0.6) is 0 Å². The van der Waals surface area contributed by atoms with Gasteiger partial charge in [0.1, 0.15) is 0 Å². The largest absolute Gasteiger partial charge is 0.232 e. The number of hydrogen-bond acceptors (Lipinski definition) is 2. The summed E-state index contributed by atoms with van der Waals surface area (Å²) >= 11 is 0. The molecule has 0 saturated heterocycles. The van der Waals surface area contributed by atoms with Gasteiger partial charge in [-0.25, -0.2) is 8.42 Å². The molecule has 0 radical (unpaired) electrons. The summed E-state index contributed by atoms with van der Waals surface area (Å²) < 4.78 is 22.0. The average Bonchev–Trinajstić information content (AvgIpc) is 1.56. The van der Waals surface area contributed by atoms with E-state index in [1.165, 1.54) is 0 Å². The van der Waals surface area contributed by atoms with E-state index in [4.69, 9.17) is 10.7 Å². The Morgan fingerprint density at radius 3 is 1.73 bits per heavy atom. The first-order valence-corrected chi connectivity index (χ1v) is 9.58. The second-order valence-electron chi connectivity index (χ2n) is 3.74. The van der Waals surface area contributed by atoms with E-state index in [1.54, 1.807) is 0 Å². The van der Waals surface area contributed by atoms with E-state index >= 15 is 0 Å². The van der Waals surface area contributed by atoms with Gasteiger partial charge in [-0.05, 0) is 6.42 Å². The molecule has 0 amide bonds. The SMILES string of the molecule is CC[C@H]([Si](C)(C)C)S(=O)(=O)Cl. The van der Waals surface area contributed by atoms with Crippen LogP contribution in [0.4, 0.5) is 0 Å². The highest BCUT2D eigenvalue weighted by Crippen LogP contribution is 2.22. The van der Waals surface area contributed by atoms with E-state index in [0.29, 0.717) is 6.42 Å². The van der Waals surface area contributed by atoms with Gasteiger partial charge in [0.25, 0.3) is 0 Å². The second kappa shape index (κ2) is 3.45. The Morgan fingerprint density at radius 2 is 1.73 bits per heavy atom. The molecule has 0 aromatic heterocycles. The molecule has 0 aliphatic heterocycles. The van der Waals surface area contributed by atoms with Gasteiger partial charge in [-0.2, -0.15) is 0 Å². The van der Waals surface area contributed by atoms with Crippen LogP contribution < -0.4 is 0 Å². The van der Waals surface area contributed by atoms with Crippen LogP contribution in [0.3, 0.4) is 0 Å². The van der Waals surface area contributed by atoms with Crippen molar-refractivity contribution >= 4 is 27.8 Å². The molecule has 0 rings (SSSR count). The summed E-state index contributed by atoms with van der Waals surface area (Å²) in [6.45, 7) is 7.91. The standard InChI is InChI=1S/C6H15ClO2SSi/c1-5-6(10(7,8)9)11(2,3)4/h6H,5H2,1-4H3/t6-/m0/s1. The molecule has 11 heavy (non-hydrogen) atoms. The molecule has 0 spiro atoms. The normalized spacial score (nSPS) is 16.5. The Kier molecular flexibility index (Phi) is 3.60. The van der Waals surface area contributed by atoms with Crippen molar-refractivity contribution in [3.05, 3.63) is 0 Å². The highest BCUT2D eigenvalue weighted by Gasteiger charge is 2.34. The average molecular weight is 215 g/mol. The summed E-state index contributed by atoms with van der Waals surface area (Å²) in [6.07, 6.45) is 0.627. The lowest BCUT2D eigenvalue weighted by atomic mass is 10.6. The topological polar surface area (TPSA) is 34.1 Å². The number of hydrogen-bond donors (Lipinski definition) is 0. The smallest absolute Gasteiger partial charge is 0.212 e. The zero-order valence-electron chi connectivity index (χ0n) is 7.39. The molecular weight excluding hydrogens is 200 g/mol.